The molecule has 0 aliphatic heterocycles. The number of carbonyl (C=O) groups is 3. The number of hydrogen-bond donors (Lipinski definition) is 3. The van der Waals surface area contributed by atoms with Gasteiger partial charge in [-0.15, -0.1) is 11.8 Å². The summed E-state index contributed by atoms with van der Waals surface area (Å²) in [4.78, 5) is 35.9. The van der Waals surface area contributed by atoms with E-state index in [9.17, 15) is 14.4 Å². The molecular formula is C21H25N3O3S. The lowest BCUT2D eigenvalue weighted by atomic mass is 10.2. The molecule has 0 bridgehead atoms. The maximum Gasteiger partial charge on any atom is 0.237 e. The fraction of sp³-hybridized carbons (Fsp3) is 0.286. The van der Waals surface area contributed by atoms with Crippen molar-refractivity contribution in [2.75, 3.05) is 21.7 Å². The highest BCUT2D eigenvalue weighted by Crippen LogP contribution is 2.18. The number of anilines is 3. The molecule has 0 aliphatic carbocycles. The number of rotatable bonds is 8. The van der Waals surface area contributed by atoms with Crippen LogP contribution >= 0.6 is 11.8 Å². The first kappa shape index (κ1) is 21.5. The van der Waals surface area contributed by atoms with Gasteiger partial charge in [-0.2, -0.15) is 0 Å². The first-order valence-electron chi connectivity index (χ1n) is 9.06. The Labute approximate surface area is 169 Å². The third-order valence-electron chi connectivity index (χ3n) is 3.90. The van der Waals surface area contributed by atoms with E-state index in [1.807, 2.05) is 31.2 Å². The van der Waals surface area contributed by atoms with Crippen LogP contribution in [0.3, 0.4) is 0 Å². The van der Waals surface area contributed by atoms with E-state index >= 15 is 0 Å². The van der Waals surface area contributed by atoms with Crippen molar-refractivity contribution in [3.05, 3.63) is 54.1 Å². The molecule has 0 spiro atoms. The Hall–Kier alpha value is -2.80. The molecule has 1 atom stereocenters. The maximum atomic E-state index is 12.4. The molecule has 3 N–H and O–H groups in total. The van der Waals surface area contributed by atoms with Gasteiger partial charge in [0.1, 0.15) is 0 Å². The van der Waals surface area contributed by atoms with Crippen LogP contribution in [-0.2, 0) is 14.4 Å². The zero-order valence-electron chi connectivity index (χ0n) is 16.2. The molecule has 0 aromatic heterocycles. The van der Waals surface area contributed by atoms with Gasteiger partial charge in [-0.1, -0.05) is 30.7 Å². The first-order valence-corrected chi connectivity index (χ1v) is 10.1. The molecule has 0 heterocycles. The van der Waals surface area contributed by atoms with Gasteiger partial charge in [-0.05, 0) is 44.2 Å². The van der Waals surface area contributed by atoms with Gasteiger partial charge in [-0.25, -0.2) is 0 Å². The molecule has 2 aromatic carbocycles. The molecule has 0 saturated carbocycles. The van der Waals surface area contributed by atoms with Crippen molar-refractivity contribution in [1.82, 2.24) is 0 Å². The lowest BCUT2D eigenvalue weighted by Crippen LogP contribution is -2.25. The predicted molar refractivity (Wildman–Crippen MR) is 116 cm³/mol. The summed E-state index contributed by atoms with van der Waals surface area (Å²) in [6.45, 7) is 5.51. The highest BCUT2D eigenvalue weighted by atomic mass is 32.2. The summed E-state index contributed by atoms with van der Waals surface area (Å²) in [5.41, 5.74) is 3.08. The van der Waals surface area contributed by atoms with E-state index in [0.717, 1.165) is 11.3 Å². The van der Waals surface area contributed by atoms with Gasteiger partial charge < -0.3 is 16.0 Å². The van der Waals surface area contributed by atoms with Crippen molar-refractivity contribution in [3.8, 4) is 0 Å². The van der Waals surface area contributed by atoms with Gasteiger partial charge >= 0.3 is 0 Å². The average Bonchev–Trinajstić information content (AvgIpc) is 2.68. The normalized spacial score (nSPS) is 11.4. The summed E-state index contributed by atoms with van der Waals surface area (Å²) in [5, 5.41) is 7.97. The van der Waals surface area contributed by atoms with Crippen LogP contribution in [0.1, 0.15) is 25.8 Å². The van der Waals surface area contributed by atoms with Crippen LogP contribution in [0, 0.1) is 6.92 Å². The minimum Gasteiger partial charge on any atom is -0.326 e. The standard InChI is InChI=1S/C21H25N3O3S/c1-4-19(25)23-17-6-5-7-18(12-17)24-21(27)15(3)28-13-20(26)22-16-10-8-14(2)9-11-16/h5-12,15H,4,13H2,1-3H3,(H,22,26)(H,23,25)(H,24,27). The molecule has 2 aromatic rings. The molecule has 0 fully saturated rings. The first-order chi connectivity index (χ1) is 13.4. The molecule has 7 heteroatoms. The van der Waals surface area contributed by atoms with Crippen LogP contribution in [0.2, 0.25) is 0 Å². The topological polar surface area (TPSA) is 87.3 Å². The molecule has 0 radical (unpaired) electrons. The molecule has 28 heavy (non-hydrogen) atoms. The van der Waals surface area contributed by atoms with Crippen LogP contribution in [0.25, 0.3) is 0 Å². The Morgan fingerprint density at radius 3 is 2.14 bits per heavy atom. The van der Waals surface area contributed by atoms with E-state index in [0.29, 0.717) is 17.8 Å². The molecule has 148 valence electrons. The summed E-state index contributed by atoms with van der Waals surface area (Å²) >= 11 is 1.26. The Bertz CT molecular complexity index is 837. The van der Waals surface area contributed by atoms with Crippen LogP contribution < -0.4 is 16.0 Å². The average molecular weight is 400 g/mol. The van der Waals surface area contributed by atoms with E-state index in [1.165, 1.54) is 11.8 Å². The molecule has 1 unspecified atom stereocenters. The highest BCUT2D eigenvalue weighted by Gasteiger charge is 2.16. The minimum absolute atomic E-state index is 0.0908. The van der Waals surface area contributed by atoms with E-state index < -0.39 is 5.25 Å². The van der Waals surface area contributed by atoms with Crippen molar-refractivity contribution in [2.24, 2.45) is 0 Å². The van der Waals surface area contributed by atoms with Crippen molar-refractivity contribution < 1.29 is 14.4 Å². The predicted octanol–water partition coefficient (Wildman–Crippen LogP) is 4.04. The molecule has 6 nitrogen and oxygen atoms in total. The molecule has 3 amide bonds. The minimum atomic E-state index is -0.405. The van der Waals surface area contributed by atoms with Crippen molar-refractivity contribution in [3.63, 3.8) is 0 Å². The Kier molecular flexibility index (Phi) is 8.07. The second-order valence-electron chi connectivity index (χ2n) is 6.34. The lowest BCUT2D eigenvalue weighted by molar-refractivity contribution is -0.116. The van der Waals surface area contributed by atoms with Crippen LogP contribution in [0.4, 0.5) is 17.1 Å². The van der Waals surface area contributed by atoms with Gasteiger partial charge in [0.25, 0.3) is 0 Å². The molecule has 0 aliphatic rings. The highest BCUT2D eigenvalue weighted by molar-refractivity contribution is 8.01. The quantitative estimate of drug-likeness (QED) is 0.625. The fourth-order valence-electron chi connectivity index (χ4n) is 2.28. The number of thioether (sulfide) groups is 1. The zero-order chi connectivity index (χ0) is 20.5. The van der Waals surface area contributed by atoms with Crippen molar-refractivity contribution >= 4 is 46.5 Å². The molecule has 0 saturated heterocycles. The number of nitrogens with one attached hydrogen (secondary N) is 3. The summed E-state index contributed by atoms with van der Waals surface area (Å²) in [7, 11) is 0. The Morgan fingerprint density at radius 2 is 1.50 bits per heavy atom. The summed E-state index contributed by atoms with van der Waals surface area (Å²) < 4.78 is 0. The number of benzene rings is 2. The van der Waals surface area contributed by atoms with Gasteiger partial charge in [0, 0.05) is 23.5 Å². The Balaban J connectivity index is 1.82. The SMILES string of the molecule is CCC(=O)Nc1cccc(NC(=O)C(C)SCC(=O)Nc2ccc(C)cc2)c1. The fourth-order valence-corrected chi connectivity index (χ4v) is 2.96. The second kappa shape index (κ2) is 10.5. The Morgan fingerprint density at radius 1 is 0.893 bits per heavy atom. The lowest BCUT2D eigenvalue weighted by Gasteiger charge is -2.13. The van der Waals surface area contributed by atoms with E-state index in [4.69, 9.17) is 0 Å². The number of aryl methyl sites for hydroxylation is 1. The largest absolute Gasteiger partial charge is 0.326 e. The summed E-state index contributed by atoms with van der Waals surface area (Å²) in [5.74, 6) is -0.272. The van der Waals surface area contributed by atoms with Crippen molar-refractivity contribution in [1.29, 1.82) is 0 Å². The number of amides is 3. The smallest absolute Gasteiger partial charge is 0.237 e. The van der Waals surface area contributed by atoms with Crippen LogP contribution in [-0.4, -0.2) is 28.7 Å². The summed E-state index contributed by atoms with van der Waals surface area (Å²) in [6.07, 6.45) is 0.384. The second-order valence-corrected chi connectivity index (χ2v) is 7.67. The van der Waals surface area contributed by atoms with E-state index in [-0.39, 0.29) is 23.5 Å². The third kappa shape index (κ3) is 7.08. The van der Waals surface area contributed by atoms with Gasteiger partial charge in [0.15, 0.2) is 0 Å². The monoisotopic (exact) mass is 399 g/mol. The summed E-state index contributed by atoms with van der Waals surface area (Å²) in [6, 6.07) is 14.5. The van der Waals surface area contributed by atoms with Gasteiger partial charge in [0.2, 0.25) is 17.7 Å². The van der Waals surface area contributed by atoms with Gasteiger partial charge in [-0.3, -0.25) is 14.4 Å². The third-order valence-corrected chi connectivity index (χ3v) is 5.05. The van der Waals surface area contributed by atoms with Gasteiger partial charge in [0.05, 0.1) is 11.0 Å². The zero-order valence-corrected chi connectivity index (χ0v) is 17.1. The van der Waals surface area contributed by atoms with Crippen LogP contribution in [0.5, 0.6) is 0 Å². The van der Waals surface area contributed by atoms with Crippen molar-refractivity contribution in [2.45, 2.75) is 32.4 Å². The van der Waals surface area contributed by atoms with E-state index in [2.05, 4.69) is 16.0 Å². The molecule has 2 rings (SSSR count). The molecular weight excluding hydrogens is 374 g/mol. The number of carbonyl (C=O) groups excluding carboxylic acids is 3. The van der Waals surface area contributed by atoms with E-state index in [1.54, 1.807) is 38.1 Å². The number of hydrogen-bond acceptors (Lipinski definition) is 4. The van der Waals surface area contributed by atoms with Crippen LogP contribution in [0.15, 0.2) is 48.5 Å². The maximum absolute atomic E-state index is 12.4.